The lowest BCUT2D eigenvalue weighted by molar-refractivity contribution is -0.116. The molecule has 1 N–H and O–H groups in total. The van der Waals surface area contributed by atoms with E-state index in [1.165, 1.54) is 19.3 Å². The van der Waals surface area contributed by atoms with Gasteiger partial charge in [-0.3, -0.25) is 9.59 Å². The van der Waals surface area contributed by atoms with Gasteiger partial charge in [-0.25, -0.2) is 0 Å². The molecule has 12 heavy (non-hydrogen) atoms. The van der Waals surface area contributed by atoms with E-state index in [0.717, 1.165) is 0 Å². The molecule has 1 amide bonds. The lowest BCUT2D eigenvalue weighted by Gasteiger charge is -1.97. The second-order valence-corrected chi connectivity index (χ2v) is 2.36. The first-order valence-corrected chi connectivity index (χ1v) is 3.51. The van der Waals surface area contributed by atoms with Crippen LogP contribution in [0.3, 0.4) is 0 Å². The molecule has 1 heterocycles. The van der Waals surface area contributed by atoms with Crippen LogP contribution in [0.25, 0.3) is 0 Å². The quantitative estimate of drug-likeness (QED) is 0.717. The molecule has 64 valence electrons. The monoisotopic (exact) mass is 167 g/mol. The second kappa shape index (κ2) is 3.71. The smallest absolute Gasteiger partial charge is 0.287 e. The highest BCUT2D eigenvalue weighted by molar-refractivity contribution is 5.94. The Morgan fingerprint density at radius 2 is 2.33 bits per heavy atom. The fourth-order valence-electron chi connectivity index (χ4n) is 0.700. The first-order chi connectivity index (χ1) is 5.70. The van der Waals surface area contributed by atoms with Gasteiger partial charge in [-0.1, -0.05) is 0 Å². The van der Waals surface area contributed by atoms with Gasteiger partial charge in [-0.2, -0.15) is 0 Å². The van der Waals surface area contributed by atoms with Gasteiger partial charge in [-0.05, 0) is 19.1 Å². The molecule has 0 saturated carbocycles. The maximum absolute atomic E-state index is 11.1. The summed E-state index contributed by atoms with van der Waals surface area (Å²) in [5, 5.41) is 2.40. The lowest BCUT2D eigenvalue weighted by atomic mass is 10.4. The molecule has 0 unspecified atom stereocenters. The van der Waals surface area contributed by atoms with Crippen LogP contribution in [0.4, 0.5) is 0 Å². The molecule has 4 heteroatoms. The highest BCUT2D eigenvalue weighted by Gasteiger charge is 2.07. The average molecular weight is 167 g/mol. The number of amides is 1. The van der Waals surface area contributed by atoms with Gasteiger partial charge in [0.1, 0.15) is 5.78 Å². The summed E-state index contributed by atoms with van der Waals surface area (Å²) < 4.78 is 4.80. The number of ketones is 1. The van der Waals surface area contributed by atoms with Gasteiger partial charge in [0.25, 0.3) is 5.91 Å². The van der Waals surface area contributed by atoms with Crippen LogP contribution in [0.15, 0.2) is 22.8 Å². The summed E-state index contributed by atoms with van der Waals surface area (Å²) in [4.78, 5) is 21.5. The van der Waals surface area contributed by atoms with Gasteiger partial charge >= 0.3 is 0 Å². The van der Waals surface area contributed by atoms with E-state index in [9.17, 15) is 9.59 Å². The fourth-order valence-corrected chi connectivity index (χ4v) is 0.700. The van der Waals surface area contributed by atoms with Crippen LogP contribution in [-0.4, -0.2) is 18.2 Å². The van der Waals surface area contributed by atoms with Crippen molar-refractivity contribution in [2.75, 3.05) is 6.54 Å². The second-order valence-electron chi connectivity index (χ2n) is 2.36. The molecule has 0 aromatic carbocycles. The van der Waals surface area contributed by atoms with Gasteiger partial charge in [0.05, 0.1) is 12.8 Å². The summed E-state index contributed by atoms with van der Waals surface area (Å²) in [5.41, 5.74) is 0. The number of carbonyl (C=O) groups excluding carboxylic acids is 2. The number of Topliss-reactive ketones (excluding diaryl/α,β-unsaturated/α-hetero) is 1. The van der Waals surface area contributed by atoms with Crippen LogP contribution in [0, 0.1) is 0 Å². The minimum absolute atomic E-state index is 0.0412. The number of rotatable bonds is 3. The van der Waals surface area contributed by atoms with Gasteiger partial charge < -0.3 is 9.73 Å². The largest absolute Gasteiger partial charge is 0.459 e. The number of hydrogen-bond donors (Lipinski definition) is 1. The normalized spacial score (nSPS) is 9.42. The molecule has 0 atom stereocenters. The van der Waals surface area contributed by atoms with Crippen molar-refractivity contribution in [2.45, 2.75) is 6.92 Å². The van der Waals surface area contributed by atoms with Gasteiger partial charge in [0, 0.05) is 0 Å². The zero-order valence-corrected chi connectivity index (χ0v) is 6.66. The van der Waals surface area contributed by atoms with Crippen LogP contribution < -0.4 is 5.32 Å². The molecule has 0 aliphatic carbocycles. The fraction of sp³-hybridized carbons (Fsp3) is 0.250. The van der Waals surface area contributed by atoms with Crippen LogP contribution in [-0.2, 0) is 4.79 Å². The van der Waals surface area contributed by atoms with Crippen molar-refractivity contribution in [1.82, 2.24) is 5.32 Å². The van der Waals surface area contributed by atoms with E-state index < -0.39 is 0 Å². The summed E-state index contributed by atoms with van der Waals surface area (Å²) in [6.07, 6.45) is 1.41. The topological polar surface area (TPSA) is 59.3 Å². The highest BCUT2D eigenvalue weighted by atomic mass is 16.3. The average Bonchev–Trinajstić information content (AvgIpc) is 2.51. The first-order valence-electron chi connectivity index (χ1n) is 3.51. The predicted molar refractivity (Wildman–Crippen MR) is 41.7 cm³/mol. The minimum Gasteiger partial charge on any atom is -0.459 e. The van der Waals surface area contributed by atoms with Crippen LogP contribution in [0.1, 0.15) is 17.5 Å². The zero-order valence-electron chi connectivity index (χ0n) is 6.66. The lowest BCUT2D eigenvalue weighted by Crippen LogP contribution is -2.27. The maximum atomic E-state index is 11.1. The Morgan fingerprint density at radius 3 is 2.83 bits per heavy atom. The Hall–Kier alpha value is -1.58. The van der Waals surface area contributed by atoms with Gasteiger partial charge in [-0.15, -0.1) is 0 Å². The predicted octanol–water partition coefficient (Wildman–Crippen LogP) is 0.598. The Morgan fingerprint density at radius 1 is 1.58 bits per heavy atom. The molecule has 0 radical (unpaired) electrons. The standard InChI is InChI=1S/C8H9NO3/c1-6(10)5-9-8(11)7-3-2-4-12-7/h2-4H,5H2,1H3,(H,9,11). The van der Waals surface area contributed by atoms with Crippen molar-refractivity contribution < 1.29 is 14.0 Å². The molecular weight excluding hydrogens is 158 g/mol. The molecule has 0 saturated heterocycles. The van der Waals surface area contributed by atoms with E-state index in [1.54, 1.807) is 6.07 Å². The molecule has 1 aromatic heterocycles. The SMILES string of the molecule is CC(=O)CNC(=O)c1ccco1. The van der Waals surface area contributed by atoms with E-state index in [4.69, 9.17) is 4.42 Å². The Labute approximate surface area is 69.6 Å². The third-order valence-electron chi connectivity index (χ3n) is 1.24. The molecule has 0 fully saturated rings. The third-order valence-corrected chi connectivity index (χ3v) is 1.24. The van der Waals surface area contributed by atoms with Crippen molar-refractivity contribution in [3.63, 3.8) is 0 Å². The van der Waals surface area contributed by atoms with Crippen molar-refractivity contribution in [3.8, 4) is 0 Å². The van der Waals surface area contributed by atoms with E-state index >= 15 is 0 Å². The number of carbonyl (C=O) groups is 2. The number of nitrogens with one attached hydrogen (secondary N) is 1. The Balaban J connectivity index is 2.45. The zero-order chi connectivity index (χ0) is 8.97. The van der Waals surface area contributed by atoms with E-state index in [1.807, 2.05) is 0 Å². The van der Waals surface area contributed by atoms with Crippen LogP contribution in [0.5, 0.6) is 0 Å². The third kappa shape index (κ3) is 2.23. The molecule has 4 nitrogen and oxygen atoms in total. The summed E-state index contributed by atoms with van der Waals surface area (Å²) in [7, 11) is 0. The number of hydrogen-bond acceptors (Lipinski definition) is 3. The van der Waals surface area contributed by atoms with Crippen LogP contribution >= 0.6 is 0 Å². The molecule has 0 spiro atoms. The number of furan rings is 1. The molecule has 1 aromatic rings. The minimum atomic E-state index is -0.366. The molecule has 1 rings (SSSR count). The molecular formula is C8H9NO3. The van der Waals surface area contributed by atoms with Crippen molar-refractivity contribution >= 4 is 11.7 Å². The summed E-state index contributed by atoms with van der Waals surface area (Å²) in [6.45, 7) is 1.45. The van der Waals surface area contributed by atoms with E-state index in [-0.39, 0.29) is 24.0 Å². The highest BCUT2D eigenvalue weighted by Crippen LogP contribution is 1.98. The van der Waals surface area contributed by atoms with E-state index in [2.05, 4.69) is 5.32 Å². The summed E-state index contributed by atoms with van der Waals surface area (Å²) in [6, 6.07) is 3.15. The summed E-state index contributed by atoms with van der Waals surface area (Å²) in [5.74, 6) is -0.235. The van der Waals surface area contributed by atoms with Crippen molar-refractivity contribution in [1.29, 1.82) is 0 Å². The molecule has 0 aliphatic heterocycles. The maximum Gasteiger partial charge on any atom is 0.287 e. The molecule has 0 bridgehead atoms. The van der Waals surface area contributed by atoms with Crippen LogP contribution in [0.2, 0.25) is 0 Å². The van der Waals surface area contributed by atoms with Gasteiger partial charge in [0.2, 0.25) is 0 Å². The van der Waals surface area contributed by atoms with Crippen molar-refractivity contribution in [2.24, 2.45) is 0 Å². The molecule has 0 aliphatic rings. The Kier molecular flexibility index (Phi) is 2.63. The van der Waals surface area contributed by atoms with Crippen molar-refractivity contribution in [3.05, 3.63) is 24.2 Å². The Bertz CT molecular complexity index is 277. The van der Waals surface area contributed by atoms with Gasteiger partial charge in [0.15, 0.2) is 5.76 Å². The summed E-state index contributed by atoms with van der Waals surface area (Å²) >= 11 is 0. The first kappa shape index (κ1) is 8.52. The van der Waals surface area contributed by atoms with E-state index in [0.29, 0.717) is 0 Å².